The number of nitrogen functional groups attached to an aromatic ring is 1. The first kappa shape index (κ1) is 14.8. The number of rotatable bonds is 2. The number of aromatic nitrogens is 3. The van der Waals surface area contributed by atoms with Crippen molar-refractivity contribution in [1.29, 1.82) is 0 Å². The molecular formula is C17H20N4. The molecule has 3 N–H and O–H groups in total. The van der Waals surface area contributed by atoms with Gasteiger partial charge in [-0.1, -0.05) is 38.1 Å². The molecule has 3 aromatic rings. The Labute approximate surface area is 125 Å². The van der Waals surface area contributed by atoms with Gasteiger partial charge in [-0.05, 0) is 24.6 Å². The highest BCUT2D eigenvalue weighted by atomic mass is 15.0. The van der Waals surface area contributed by atoms with E-state index in [1.54, 1.807) is 12.4 Å². The maximum absolute atomic E-state index is 5.61. The molecule has 2 aromatic heterocycles. The van der Waals surface area contributed by atoms with E-state index < -0.39 is 0 Å². The molecule has 0 spiro atoms. The Morgan fingerprint density at radius 3 is 2.43 bits per heavy atom. The van der Waals surface area contributed by atoms with E-state index in [2.05, 4.69) is 33.2 Å². The number of H-pyrrole nitrogens is 1. The van der Waals surface area contributed by atoms with Crippen LogP contribution >= 0.6 is 0 Å². The van der Waals surface area contributed by atoms with Gasteiger partial charge >= 0.3 is 0 Å². The summed E-state index contributed by atoms with van der Waals surface area (Å²) in [6.45, 7) is 6.01. The second kappa shape index (κ2) is 6.70. The summed E-state index contributed by atoms with van der Waals surface area (Å²) in [5, 5.41) is 0. The monoisotopic (exact) mass is 280 g/mol. The first-order chi connectivity index (χ1) is 10.2. The van der Waals surface area contributed by atoms with E-state index >= 15 is 0 Å². The molecule has 0 aliphatic heterocycles. The van der Waals surface area contributed by atoms with Crippen molar-refractivity contribution in [3.63, 3.8) is 0 Å². The molecule has 0 unspecified atom stereocenters. The van der Waals surface area contributed by atoms with Crippen LogP contribution in [-0.4, -0.2) is 15.0 Å². The molecule has 0 bridgehead atoms. The second-order valence-electron chi connectivity index (χ2n) is 4.40. The Morgan fingerprint density at radius 1 is 1.00 bits per heavy atom. The number of hydrogen-bond acceptors (Lipinski definition) is 3. The summed E-state index contributed by atoms with van der Waals surface area (Å²) >= 11 is 0. The van der Waals surface area contributed by atoms with Crippen molar-refractivity contribution in [2.24, 2.45) is 0 Å². The van der Waals surface area contributed by atoms with Gasteiger partial charge in [0.25, 0.3) is 0 Å². The number of imidazole rings is 1. The fourth-order valence-corrected chi connectivity index (χ4v) is 2.13. The lowest BCUT2D eigenvalue weighted by Gasteiger charge is -2.06. The van der Waals surface area contributed by atoms with Crippen molar-refractivity contribution in [2.75, 3.05) is 5.73 Å². The van der Waals surface area contributed by atoms with Gasteiger partial charge in [0, 0.05) is 23.0 Å². The molecule has 0 aliphatic carbocycles. The summed E-state index contributed by atoms with van der Waals surface area (Å²) < 4.78 is 0. The molecule has 4 nitrogen and oxygen atoms in total. The van der Waals surface area contributed by atoms with Gasteiger partial charge in [0.2, 0.25) is 0 Å². The fourth-order valence-electron chi connectivity index (χ4n) is 2.13. The van der Waals surface area contributed by atoms with Crippen LogP contribution in [0.25, 0.3) is 22.4 Å². The Kier molecular flexibility index (Phi) is 4.72. The number of nitrogens with two attached hydrogens (primary N) is 1. The lowest BCUT2D eigenvalue weighted by Crippen LogP contribution is -1.88. The third-order valence-electron chi connectivity index (χ3n) is 3.09. The molecule has 3 rings (SSSR count). The van der Waals surface area contributed by atoms with Crippen LogP contribution in [0.15, 0.2) is 48.8 Å². The first-order valence-electron chi connectivity index (χ1n) is 7.07. The van der Waals surface area contributed by atoms with E-state index in [1.165, 1.54) is 0 Å². The second-order valence-corrected chi connectivity index (χ2v) is 4.40. The molecule has 2 heterocycles. The summed E-state index contributed by atoms with van der Waals surface area (Å²) in [4.78, 5) is 11.4. The highest BCUT2D eigenvalue weighted by molar-refractivity contribution is 5.72. The highest BCUT2D eigenvalue weighted by Crippen LogP contribution is 2.26. The van der Waals surface area contributed by atoms with Crippen LogP contribution in [0.3, 0.4) is 0 Å². The van der Waals surface area contributed by atoms with Gasteiger partial charge in [0.15, 0.2) is 5.95 Å². The normalized spacial score (nSPS) is 9.86. The minimum absolute atomic E-state index is 0.429. The van der Waals surface area contributed by atoms with Gasteiger partial charge in [-0.3, -0.25) is 4.98 Å². The standard InChI is InChI=1S/C15H14N4.C2H6/c1-10-13(6-3-7-17-10)11-4-2-5-12(8-11)14-9-18-15(16)19-14;1-2/h2-9H,1H3,(H3,16,18,19);1-2H3. The van der Waals surface area contributed by atoms with Crippen molar-refractivity contribution >= 4 is 5.95 Å². The quantitative estimate of drug-likeness (QED) is 0.744. The van der Waals surface area contributed by atoms with E-state index in [1.807, 2.05) is 39.0 Å². The molecule has 0 saturated carbocycles. The molecule has 0 atom stereocenters. The number of benzene rings is 1. The van der Waals surface area contributed by atoms with Crippen LogP contribution in [0.4, 0.5) is 5.95 Å². The van der Waals surface area contributed by atoms with Crippen molar-refractivity contribution in [3.05, 3.63) is 54.5 Å². The minimum atomic E-state index is 0.429. The van der Waals surface area contributed by atoms with E-state index in [-0.39, 0.29) is 0 Å². The average molecular weight is 280 g/mol. The minimum Gasteiger partial charge on any atom is -0.369 e. The van der Waals surface area contributed by atoms with E-state index in [9.17, 15) is 0 Å². The van der Waals surface area contributed by atoms with Crippen LogP contribution in [0.1, 0.15) is 19.5 Å². The number of hydrogen-bond donors (Lipinski definition) is 2. The van der Waals surface area contributed by atoms with Gasteiger partial charge in [-0.15, -0.1) is 0 Å². The zero-order chi connectivity index (χ0) is 15.2. The number of pyridine rings is 1. The smallest absolute Gasteiger partial charge is 0.197 e. The summed E-state index contributed by atoms with van der Waals surface area (Å²) in [6, 6.07) is 12.3. The van der Waals surface area contributed by atoms with Crippen LogP contribution < -0.4 is 5.73 Å². The molecule has 0 aliphatic rings. The number of aromatic amines is 1. The summed E-state index contributed by atoms with van der Waals surface area (Å²) in [6.07, 6.45) is 3.54. The summed E-state index contributed by atoms with van der Waals surface area (Å²) in [5.41, 5.74) is 10.9. The summed E-state index contributed by atoms with van der Waals surface area (Å²) in [5.74, 6) is 0.429. The third kappa shape index (κ3) is 3.28. The molecular weight excluding hydrogens is 260 g/mol. The molecule has 4 heteroatoms. The largest absolute Gasteiger partial charge is 0.369 e. The van der Waals surface area contributed by atoms with Crippen LogP contribution in [0.2, 0.25) is 0 Å². The predicted octanol–water partition coefficient (Wildman–Crippen LogP) is 4.06. The van der Waals surface area contributed by atoms with Crippen LogP contribution in [0, 0.1) is 6.92 Å². The molecule has 0 saturated heterocycles. The van der Waals surface area contributed by atoms with Gasteiger partial charge in [0.1, 0.15) is 0 Å². The van der Waals surface area contributed by atoms with Gasteiger partial charge < -0.3 is 10.7 Å². The van der Waals surface area contributed by atoms with E-state index in [4.69, 9.17) is 5.73 Å². The lowest BCUT2D eigenvalue weighted by atomic mass is 10.0. The van der Waals surface area contributed by atoms with Crippen molar-refractivity contribution in [3.8, 4) is 22.4 Å². The van der Waals surface area contributed by atoms with Crippen molar-refractivity contribution in [1.82, 2.24) is 15.0 Å². The van der Waals surface area contributed by atoms with E-state index in [0.717, 1.165) is 28.1 Å². The molecule has 108 valence electrons. The highest BCUT2D eigenvalue weighted by Gasteiger charge is 2.05. The number of nitrogens with zero attached hydrogens (tertiary/aromatic N) is 2. The molecule has 0 radical (unpaired) electrons. The first-order valence-corrected chi connectivity index (χ1v) is 7.07. The van der Waals surface area contributed by atoms with Gasteiger partial charge in [-0.25, -0.2) is 4.98 Å². The Balaban J connectivity index is 0.000000774. The Bertz CT molecular complexity index is 716. The Hall–Kier alpha value is -2.62. The fraction of sp³-hybridized carbons (Fsp3) is 0.176. The van der Waals surface area contributed by atoms with Crippen molar-refractivity contribution in [2.45, 2.75) is 20.8 Å². The topological polar surface area (TPSA) is 67.6 Å². The average Bonchev–Trinajstić information content (AvgIpc) is 2.97. The zero-order valence-electron chi connectivity index (χ0n) is 12.6. The lowest BCUT2D eigenvalue weighted by molar-refractivity contribution is 1.20. The molecule has 21 heavy (non-hydrogen) atoms. The van der Waals surface area contributed by atoms with E-state index in [0.29, 0.717) is 5.95 Å². The molecule has 0 amide bonds. The maximum Gasteiger partial charge on any atom is 0.197 e. The maximum atomic E-state index is 5.61. The molecule has 0 fully saturated rings. The van der Waals surface area contributed by atoms with Crippen LogP contribution in [-0.2, 0) is 0 Å². The predicted molar refractivity (Wildman–Crippen MR) is 87.8 cm³/mol. The zero-order valence-corrected chi connectivity index (χ0v) is 12.6. The van der Waals surface area contributed by atoms with Gasteiger partial charge in [0.05, 0.1) is 11.9 Å². The molecule has 1 aromatic carbocycles. The number of aryl methyl sites for hydroxylation is 1. The Morgan fingerprint density at radius 2 is 1.76 bits per heavy atom. The SMILES string of the molecule is CC.Cc1ncccc1-c1cccc(-c2cnc(N)[nH]2)c1. The van der Waals surface area contributed by atoms with Gasteiger partial charge in [-0.2, -0.15) is 0 Å². The third-order valence-corrected chi connectivity index (χ3v) is 3.09. The van der Waals surface area contributed by atoms with Crippen LogP contribution in [0.5, 0.6) is 0 Å². The number of nitrogens with one attached hydrogen (secondary N) is 1. The van der Waals surface area contributed by atoms with Crippen molar-refractivity contribution < 1.29 is 0 Å². The summed E-state index contributed by atoms with van der Waals surface area (Å²) in [7, 11) is 0. The number of anilines is 1.